The second-order valence-electron chi connectivity index (χ2n) is 7.64. The first-order chi connectivity index (χ1) is 14.1. The smallest absolute Gasteiger partial charge is 0.253 e. The van der Waals surface area contributed by atoms with Gasteiger partial charge in [-0.25, -0.2) is 0 Å². The number of β-amino-alcohol motifs (C(OH)–C–C–N with tert-alkyl or cyclic N) is 1. The van der Waals surface area contributed by atoms with Crippen LogP contribution in [0.15, 0.2) is 39.9 Å². The Morgan fingerprint density at radius 2 is 1.59 bits per heavy atom. The zero-order valence-corrected chi connectivity index (χ0v) is 16.5. The van der Waals surface area contributed by atoms with Crippen molar-refractivity contribution in [2.24, 2.45) is 0 Å². The SMILES string of the molecule is O=c1c(NC[C@@H](O)CN2CCOCC2)c(N2CCN(c3ccccc3)CC2)c1=O. The third-order valence-electron chi connectivity index (χ3n) is 5.69. The number of ether oxygens (including phenoxy) is 1. The van der Waals surface area contributed by atoms with Crippen molar-refractivity contribution >= 4 is 17.1 Å². The molecule has 1 atom stereocenters. The molecule has 0 radical (unpaired) electrons. The first-order valence-electron chi connectivity index (χ1n) is 10.2. The first kappa shape index (κ1) is 19.9. The largest absolute Gasteiger partial charge is 0.390 e. The molecule has 156 valence electrons. The minimum atomic E-state index is -0.611. The van der Waals surface area contributed by atoms with E-state index >= 15 is 0 Å². The molecule has 2 heterocycles. The number of aliphatic hydroxyl groups is 1. The number of hydrogen-bond acceptors (Lipinski definition) is 8. The molecular weight excluding hydrogens is 372 g/mol. The highest BCUT2D eigenvalue weighted by Crippen LogP contribution is 2.23. The molecule has 2 fully saturated rings. The number of rotatable bonds is 7. The van der Waals surface area contributed by atoms with Crippen LogP contribution in [0.5, 0.6) is 0 Å². The number of benzene rings is 1. The van der Waals surface area contributed by atoms with E-state index in [4.69, 9.17) is 4.74 Å². The van der Waals surface area contributed by atoms with Crippen molar-refractivity contribution in [2.75, 3.05) is 80.7 Å². The Labute approximate surface area is 170 Å². The molecule has 0 bridgehead atoms. The van der Waals surface area contributed by atoms with Crippen LogP contribution >= 0.6 is 0 Å². The zero-order valence-electron chi connectivity index (χ0n) is 16.5. The van der Waals surface area contributed by atoms with E-state index in [1.807, 2.05) is 23.1 Å². The van der Waals surface area contributed by atoms with E-state index < -0.39 is 17.0 Å². The Hall–Kier alpha value is -2.42. The van der Waals surface area contributed by atoms with Gasteiger partial charge in [-0.1, -0.05) is 18.2 Å². The normalized spacial score (nSPS) is 19.5. The summed E-state index contributed by atoms with van der Waals surface area (Å²) in [6, 6.07) is 10.2. The lowest BCUT2D eigenvalue weighted by Crippen LogP contribution is -2.52. The third-order valence-corrected chi connectivity index (χ3v) is 5.69. The zero-order chi connectivity index (χ0) is 20.2. The molecule has 2 N–H and O–H groups in total. The topological polar surface area (TPSA) is 85.3 Å². The van der Waals surface area contributed by atoms with Gasteiger partial charge in [0.25, 0.3) is 10.9 Å². The summed E-state index contributed by atoms with van der Waals surface area (Å²) >= 11 is 0. The molecular formula is C21H28N4O4. The van der Waals surface area contributed by atoms with Gasteiger partial charge < -0.3 is 25.0 Å². The standard InChI is InChI=1S/C21H28N4O4/c26-17(15-23-10-12-29-13-11-23)14-22-18-19(21(28)20(18)27)25-8-6-24(7-9-25)16-4-2-1-3-5-16/h1-5,17,22,26H,6-15H2/t17-/m1/s1. The number of hydrogen-bond donors (Lipinski definition) is 2. The highest BCUT2D eigenvalue weighted by Gasteiger charge is 2.29. The predicted octanol–water partition coefficient (Wildman–Crippen LogP) is -0.286. The van der Waals surface area contributed by atoms with Gasteiger partial charge in [0.1, 0.15) is 11.4 Å². The molecule has 2 saturated heterocycles. The highest BCUT2D eigenvalue weighted by molar-refractivity contribution is 5.75. The summed E-state index contributed by atoms with van der Waals surface area (Å²) in [6.45, 7) is 6.69. The molecule has 0 amide bonds. The van der Waals surface area contributed by atoms with Crippen molar-refractivity contribution in [3.63, 3.8) is 0 Å². The maximum atomic E-state index is 12.2. The first-order valence-corrected chi connectivity index (χ1v) is 10.2. The van der Waals surface area contributed by atoms with Crippen LogP contribution < -0.4 is 26.0 Å². The van der Waals surface area contributed by atoms with E-state index in [0.29, 0.717) is 44.2 Å². The lowest BCUT2D eigenvalue weighted by molar-refractivity contribution is 0.0171. The van der Waals surface area contributed by atoms with Crippen molar-refractivity contribution in [3.8, 4) is 0 Å². The Balaban J connectivity index is 1.32. The lowest BCUT2D eigenvalue weighted by Gasteiger charge is -2.38. The van der Waals surface area contributed by atoms with Crippen LogP contribution in [-0.4, -0.2) is 81.7 Å². The van der Waals surface area contributed by atoms with Crippen molar-refractivity contribution in [1.82, 2.24) is 4.90 Å². The maximum Gasteiger partial charge on any atom is 0.253 e. The van der Waals surface area contributed by atoms with Crippen molar-refractivity contribution < 1.29 is 9.84 Å². The number of nitrogens with zero attached hydrogens (tertiary/aromatic N) is 3. The molecule has 29 heavy (non-hydrogen) atoms. The number of para-hydroxylation sites is 1. The molecule has 4 rings (SSSR count). The maximum absolute atomic E-state index is 12.2. The molecule has 0 aliphatic carbocycles. The predicted molar refractivity (Wildman–Crippen MR) is 114 cm³/mol. The van der Waals surface area contributed by atoms with Crippen molar-refractivity contribution in [3.05, 3.63) is 50.8 Å². The van der Waals surface area contributed by atoms with Crippen LogP contribution in [0.3, 0.4) is 0 Å². The van der Waals surface area contributed by atoms with E-state index in [1.165, 1.54) is 5.69 Å². The molecule has 0 spiro atoms. The number of morpholine rings is 1. The van der Waals surface area contributed by atoms with Crippen LogP contribution in [0.25, 0.3) is 0 Å². The van der Waals surface area contributed by atoms with Gasteiger partial charge in [0.2, 0.25) is 0 Å². The Kier molecular flexibility index (Phi) is 6.13. The molecule has 2 aliphatic rings. The molecule has 8 heteroatoms. The highest BCUT2D eigenvalue weighted by atomic mass is 16.5. The number of aliphatic hydroxyl groups excluding tert-OH is 1. The summed E-state index contributed by atoms with van der Waals surface area (Å²) in [5.74, 6) is 0. The number of piperazine rings is 1. The van der Waals surface area contributed by atoms with E-state index in [1.54, 1.807) is 0 Å². The molecule has 0 unspecified atom stereocenters. The van der Waals surface area contributed by atoms with Crippen LogP contribution in [0, 0.1) is 0 Å². The Bertz CT molecular complexity index is 867. The van der Waals surface area contributed by atoms with Gasteiger partial charge in [-0.3, -0.25) is 14.5 Å². The summed E-state index contributed by atoms with van der Waals surface area (Å²) in [7, 11) is 0. The molecule has 0 aromatic heterocycles. The second kappa shape index (κ2) is 8.94. The monoisotopic (exact) mass is 400 g/mol. The van der Waals surface area contributed by atoms with Crippen LogP contribution in [0.2, 0.25) is 0 Å². The Morgan fingerprint density at radius 1 is 0.931 bits per heavy atom. The molecule has 2 aromatic carbocycles. The van der Waals surface area contributed by atoms with Gasteiger partial charge in [0.15, 0.2) is 0 Å². The van der Waals surface area contributed by atoms with E-state index in [-0.39, 0.29) is 6.54 Å². The molecule has 2 aliphatic heterocycles. The van der Waals surface area contributed by atoms with Crippen LogP contribution in [0.1, 0.15) is 0 Å². The van der Waals surface area contributed by atoms with Crippen molar-refractivity contribution in [1.29, 1.82) is 0 Å². The van der Waals surface area contributed by atoms with Gasteiger partial charge in [-0.2, -0.15) is 0 Å². The third kappa shape index (κ3) is 4.44. The quantitative estimate of drug-likeness (QED) is 0.614. The lowest BCUT2D eigenvalue weighted by atomic mass is 10.1. The molecule has 0 saturated carbocycles. The Morgan fingerprint density at radius 3 is 2.28 bits per heavy atom. The van der Waals surface area contributed by atoms with Gasteiger partial charge in [-0.05, 0) is 12.1 Å². The van der Waals surface area contributed by atoms with E-state index in [9.17, 15) is 14.7 Å². The van der Waals surface area contributed by atoms with Gasteiger partial charge >= 0.3 is 0 Å². The fourth-order valence-electron chi connectivity index (χ4n) is 4.04. The minimum Gasteiger partial charge on any atom is -0.390 e. The van der Waals surface area contributed by atoms with Crippen LogP contribution in [0.4, 0.5) is 17.1 Å². The van der Waals surface area contributed by atoms with Crippen LogP contribution in [-0.2, 0) is 4.74 Å². The summed E-state index contributed by atoms with van der Waals surface area (Å²) in [4.78, 5) is 30.7. The van der Waals surface area contributed by atoms with E-state index in [0.717, 1.165) is 26.2 Å². The second-order valence-corrected chi connectivity index (χ2v) is 7.64. The molecule has 2 aromatic rings. The van der Waals surface area contributed by atoms with E-state index in [2.05, 4.69) is 27.2 Å². The fraction of sp³-hybridized carbons (Fsp3) is 0.524. The fourth-order valence-corrected chi connectivity index (χ4v) is 4.04. The van der Waals surface area contributed by atoms with Gasteiger partial charge in [-0.15, -0.1) is 0 Å². The van der Waals surface area contributed by atoms with Gasteiger partial charge in [0, 0.05) is 58.0 Å². The van der Waals surface area contributed by atoms with Crippen molar-refractivity contribution in [2.45, 2.75) is 6.10 Å². The average molecular weight is 400 g/mol. The van der Waals surface area contributed by atoms with Gasteiger partial charge in [0.05, 0.1) is 19.3 Å². The summed E-state index contributed by atoms with van der Waals surface area (Å²) < 4.78 is 5.31. The summed E-state index contributed by atoms with van der Waals surface area (Å²) in [5.41, 5.74) is 1.08. The average Bonchev–Trinajstić information content (AvgIpc) is 2.77. The molecule has 8 nitrogen and oxygen atoms in total. The number of anilines is 3. The minimum absolute atomic E-state index is 0.249. The summed E-state index contributed by atoms with van der Waals surface area (Å²) in [6.07, 6.45) is -0.611. The number of nitrogens with one attached hydrogen (secondary N) is 1. The summed E-state index contributed by atoms with van der Waals surface area (Å²) in [5, 5.41) is 13.3.